The standard InChI is InChI=1S/C25H24N4O5/c1-25(2,3)19-8-4-16(5-9-19)23(31)27-20-10-6-17(7-11-20)24(32)28-26-15-18-14-21(29(33)34)12-13-22(18)30/h4-15,30H,1-3H3,(H,27,31)(H,28,32). The van der Waals surface area contributed by atoms with Crippen molar-refractivity contribution in [3.8, 4) is 5.75 Å². The number of nitro benzene ring substituents is 1. The molecule has 0 bridgehead atoms. The number of nitrogens with zero attached hydrogens (tertiary/aromatic N) is 2. The fourth-order valence-corrected chi connectivity index (χ4v) is 3.01. The Morgan fingerprint density at radius 1 is 0.941 bits per heavy atom. The second-order valence-corrected chi connectivity index (χ2v) is 8.56. The molecule has 0 aliphatic rings. The van der Waals surface area contributed by atoms with Crippen LogP contribution in [-0.4, -0.2) is 28.1 Å². The average molecular weight is 460 g/mol. The van der Waals surface area contributed by atoms with Gasteiger partial charge in [-0.25, -0.2) is 5.43 Å². The van der Waals surface area contributed by atoms with Crippen LogP contribution in [0.5, 0.6) is 5.75 Å². The van der Waals surface area contributed by atoms with Gasteiger partial charge >= 0.3 is 0 Å². The summed E-state index contributed by atoms with van der Waals surface area (Å²) in [4.78, 5) is 35.0. The second kappa shape index (κ2) is 9.95. The maximum atomic E-state index is 12.5. The summed E-state index contributed by atoms with van der Waals surface area (Å²) in [6.07, 6.45) is 1.11. The Hall–Kier alpha value is -4.53. The molecule has 3 aromatic rings. The molecule has 0 fully saturated rings. The molecule has 0 aliphatic heterocycles. The molecule has 3 rings (SSSR count). The summed E-state index contributed by atoms with van der Waals surface area (Å²) in [6, 6.07) is 17.1. The van der Waals surface area contributed by atoms with Gasteiger partial charge in [-0.15, -0.1) is 0 Å². The molecule has 9 heteroatoms. The van der Waals surface area contributed by atoms with Crippen molar-refractivity contribution in [1.29, 1.82) is 0 Å². The Labute approximate surface area is 196 Å². The van der Waals surface area contributed by atoms with Crippen molar-refractivity contribution in [3.05, 3.63) is 99.1 Å². The number of nitro groups is 1. The third kappa shape index (κ3) is 6.04. The lowest BCUT2D eigenvalue weighted by atomic mass is 9.87. The van der Waals surface area contributed by atoms with Crippen molar-refractivity contribution in [2.75, 3.05) is 5.32 Å². The van der Waals surface area contributed by atoms with Crippen molar-refractivity contribution in [1.82, 2.24) is 5.43 Å². The number of amides is 2. The van der Waals surface area contributed by atoms with Gasteiger partial charge in [0.2, 0.25) is 0 Å². The molecule has 3 N–H and O–H groups in total. The summed E-state index contributed by atoms with van der Waals surface area (Å²) >= 11 is 0. The number of phenols is 1. The topological polar surface area (TPSA) is 134 Å². The predicted octanol–water partition coefficient (Wildman–Crippen LogP) is 4.61. The van der Waals surface area contributed by atoms with Gasteiger partial charge in [0.15, 0.2) is 0 Å². The zero-order valence-electron chi connectivity index (χ0n) is 18.9. The molecular weight excluding hydrogens is 436 g/mol. The highest BCUT2D eigenvalue weighted by Gasteiger charge is 2.15. The highest BCUT2D eigenvalue weighted by molar-refractivity contribution is 6.04. The fraction of sp³-hybridized carbons (Fsp3) is 0.160. The van der Waals surface area contributed by atoms with Gasteiger partial charge in [-0.3, -0.25) is 19.7 Å². The van der Waals surface area contributed by atoms with Gasteiger partial charge in [-0.05, 0) is 53.4 Å². The summed E-state index contributed by atoms with van der Waals surface area (Å²) in [5.74, 6) is -1.01. The fourth-order valence-electron chi connectivity index (χ4n) is 3.01. The first-order valence-corrected chi connectivity index (χ1v) is 10.4. The number of hydrazone groups is 1. The molecule has 0 unspecified atom stereocenters. The summed E-state index contributed by atoms with van der Waals surface area (Å²) in [7, 11) is 0. The number of carbonyl (C=O) groups is 2. The molecule has 0 spiro atoms. The van der Waals surface area contributed by atoms with Gasteiger partial charge in [-0.2, -0.15) is 5.10 Å². The monoisotopic (exact) mass is 460 g/mol. The van der Waals surface area contributed by atoms with Crippen molar-refractivity contribution >= 4 is 29.4 Å². The Morgan fingerprint density at radius 2 is 1.53 bits per heavy atom. The van der Waals surface area contributed by atoms with Crippen LogP contribution < -0.4 is 10.7 Å². The number of anilines is 1. The zero-order valence-corrected chi connectivity index (χ0v) is 18.9. The van der Waals surface area contributed by atoms with Crippen LogP contribution in [0, 0.1) is 10.1 Å². The summed E-state index contributed by atoms with van der Waals surface area (Å²) in [5, 5.41) is 27.1. The van der Waals surface area contributed by atoms with Crippen LogP contribution in [-0.2, 0) is 5.41 Å². The normalized spacial score (nSPS) is 11.3. The maximum Gasteiger partial charge on any atom is 0.271 e. The summed E-state index contributed by atoms with van der Waals surface area (Å²) in [6.45, 7) is 6.30. The Balaban J connectivity index is 1.60. The van der Waals surface area contributed by atoms with Crippen molar-refractivity contribution in [2.45, 2.75) is 26.2 Å². The lowest BCUT2D eigenvalue weighted by Gasteiger charge is -2.19. The number of hydrogen-bond acceptors (Lipinski definition) is 6. The lowest BCUT2D eigenvalue weighted by Crippen LogP contribution is -2.18. The Bertz CT molecular complexity index is 1240. The van der Waals surface area contributed by atoms with E-state index in [9.17, 15) is 24.8 Å². The van der Waals surface area contributed by atoms with Gasteiger partial charge in [0.1, 0.15) is 5.75 Å². The largest absolute Gasteiger partial charge is 0.507 e. The van der Waals surface area contributed by atoms with Gasteiger partial charge in [-0.1, -0.05) is 32.9 Å². The van der Waals surface area contributed by atoms with E-state index in [1.165, 1.54) is 18.2 Å². The van der Waals surface area contributed by atoms with Crippen LogP contribution >= 0.6 is 0 Å². The minimum atomic E-state index is -0.601. The van der Waals surface area contributed by atoms with Crippen molar-refractivity contribution in [2.24, 2.45) is 5.10 Å². The summed E-state index contributed by atoms with van der Waals surface area (Å²) < 4.78 is 0. The van der Waals surface area contributed by atoms with E-state index >= 15 is 0 Å². The molecule has 0 heterocycles. The van der Waals surface area contributed by atoms with Crippen LogP contribution in [0.2, 0.25) is 0 Å². The number of rotatable bonds is 6. The first-order chi connectivity index (χ1) is 16.0. The lowest BCUT2D eigenvalue weighted by molar-refractivity contribution is -0.384. The molecule has 0 saturated carbocycles. The molecule has 34 heavy (non-hydrogen) atoms. The highest BCUT2D eigenvalue weighted by Crippen LogP contribution is 2.23. The van der Waals surface area contributed by atoms with E-state index in [0.717, 1.165) is 23.9 Å². The van der Waals surface area contributed by atoms with E-state index in [2.05, 4.69) is 36.6 Å². The molecule has 0 radical (unpaired) electrons. The molecule has 0 aliphatic carbocycles. The van der Waals surface area contributed by atoms with Crippen LogP contribution in [0.25, 0.3) is 0 Å². The van der Waals surface area contributed by atoms with Gasteiger partial charge < -0.3 is 10.4 Å². The molecule has 2 amide bonds. The number of non-ortho nitro benzene ring substituents is 1. The molecule has 3 aromatic carbocycles. The van der Waals surface area contributed by atoms with Crippen LogP contribution in [0.1, 0.15) is 52.6 Å². The Morgan fingerprint density at radius 3 is 2.12 bits per heavy atom. The van der Waals surface area contributed by atoms with E-state index < -0.39 is 10.8 Å². The number of aromatic hydroxyl groups is 1. The van der Waals surface area contributed by atoms with Gasteiger partial charge in [0, 0.05) is 34.5 Å². The minimum absolute atomic E-state index is 0.00506. The number of benzene rings is 3. The Kier molecular flexibility index (Phi) is 7.06. The van der Waals surface area contributed by atoms with Crippen molar-refractivity contribution < 1.29 is 19.6 Å². The van der Waals surface area contributed by atoms with E-state index in [1.807, 2.05) is 12.1 Å². The SMILES string of the molecule is CC(C)(C)c1ccc(C(=O)Nc2ccc(C(=O)NN=Cc3cc([N+](=O)[O-])ccc3O)cc2)cc1. The zero-order chi connectivity index (χ0) is 24.9. The third-order valence-electron chi connectivity index (χ3n) is 5.01. The number of phenolic OH excluding ortho intramolecular Hbond substituents is 1. The van der Waals surface area contributed by atoms with Crippen LogP contribution in [0.3, 0.4) is 0 Å². The molecule has 0 atom stereocenters. The third-order valence-corrected chi connectivity index (χ3v) is 5.01. The molecular formula is C25H24N4O5. The maximum absolute atomic E-state index is 12.5. The predicted molar refractivity (Wildman–Crippen MR) is 129 cm³/mol. The number of hydrogen-bond donors (Lipinski definition) is 3. The molecule has 9 nitrogen and oxygen atoms in total. The minimum Gasteiger partial charge on any atom is -0.507 e. The molecule has 174 valence electrons. The summed E-state index contributed by atoms with van der Waals surface area (Å²) in [5.41, 5.74) is 4.61. The van der Waals surface area contributed by atoms with Gasteiger partial charge in [0.05, 0.1) is 11.1 Å². The quantitative estimate of drug-likeness (QED) is 0.280. The molecule has 0 saturated heterocycles. The van der Waals surface area contributed by atoms with E-state index in [-0.39, 0.29) is 33.9 Å². The first-order valence-electron chi connectivity index (χ1n) is 10.4. The first kappa shape index (κ1) is 24.1. The second-order valence-electron chi connectivity index (χ2n) is 8.56. The van der Waals surface area contributed by atoms with Gasteiger partial charge in [0.25, 0.3) is 17.5 Å². The van der Waals surface area contributed by atoms with E-state index in [4.69, 9.17) is 0 Å². The van der Waals surface area contributed by atoms with Crippen LogP contribution in [0.4, 0.5) is 11.4 Å². The smallest absolute Gasteiger partial charge is 0.271 e. The van der Waals surface area contributed by atoms with Crippen LogP contribution in [0.15, 0.2) is 71.8 Å². The van der Waals surface area contributed by atoms with Crippen molar-refractivity contribution in [3.63, 3.8) is 0 Å². The number of nitrogens with one attached hydrogen (secondary N) is 2. The van der Waals surface area contributed by atoms with E-state index in [1.54, 1.807) is 24.3 Å². The van der Waals surface area contributed by atoms with E-state index in [0.29, 0.717) is 11.3 Å². The highest BCUT2D eigenvalue weighted by atomic mass is 16.6. The average Bonchev–Trinajstić information content (AvgIpc) is 2.80. The molecule has 0 aromatic heterocycles. The number of carbonyl (C=O) groups excluding carboxylic acids is 2.